The molecule has 4 aliphatic carbocycles. The van der Waals surface area contributed by atoms with Crippen LogP contribution in [0.25, 0.3) is 0 Å². The maximum absolute atomic E-state index is 4.35. The molecule has 0 saturated heterocycles. The van der Waals surface area contributed by atoms with E-state index in [4.69, 9.17) is 0 Å². The first kappa shape index (κ1) is 13.4. The molecule has 0 aliphatic heterocycles. The van der Waals surface area contributed by atoms with Gasteiger partial charge in [-0.1, -0.05) is 26.0 Å². The Bertz CT molecular complexity index is 422. The molecular weight excluding hydrogens is 240 g/mol. The van der Waals surface area contributed by atoms with Crippen molar-refractivity contribution in [3.63, 3.8) is 0 Å². The van der Waals surface area contributed by atoms with Gasteiger partial charge in [-0.15, -0.1) is 0 Å². The molecule has 4 rings (SSSR count). The van der Waals surface area contributed by atoms with Crippen LogP contribution in [0.4, 0.5) is 0 Å². The van der Waals surface area contributed by atoms with Crippen molar-refractivity contribution in [2.75, 3.05) is 0 Å². The van der Waals surface area contributed by atoms with Crippen molar-refractivity contribution in [1.82, 2.24) is 0 Å². The minimum atomic E-state index is 0.613. The van der Waals surface area contributed by atoms with Crippen LogP contribution in [0.1, 0.15) is 71.6 Å². The Morgan fingerprint density at radius 1 is 1.10 bits per heavy atom. The molecule has 0 aromatic heterocycles. The Labute approximate surface area is 125 Å². The van der Waals surface area contributed by atoms with Crippen LogP contribution in [0, 0.1) is 40.9 Å². The first-order valence-electron chi connectivity index (χ1n) is 9.01. The van der Waals surface area contributed by atoms with Gasteiger partial charge in [-0.3, -0.25) is 0 Å². The van der Waals surface area contributed by atoms with Crippen LogP contribution in [0.2, 0.25) is 0 Å². The summed E-state index contributed by atoms with van der Waals surface area (Å²) in [5, 5.41) is 0. The number of fused-ring (bicyclic) bond motifs is 5. The van der Waals surface area contributed by atoms with Gasteiger partial charge in [-0.2, -0.15) is 0 Å². The van der Waals surface area contributed by atoms with Gasteiger partial charge in [0.25, 0.3) is 0 Å². The number of rotatable bonds is 0. The van der Waals surface area contributed by atoms with Crippen LogP contribution >= 0.6 is 0 Å². The zero-order chi connectivity index (χ0) is 14.0. The summed E-state index contributed by atoms with van der Waals surface area (Å²) in [5.74, 6) is 4.02. The predicted molar refractivity (Wildman–Crippen MR) is 85.2 cm³/mol. The van der Waals surface area contributed by atoms with E-state index in [0.29, 0.717) is 10.8 Å². The van der Waals surface area contributed by atoms with Crippen LogP contribution in [-0.2, 0) is 0 Å². The van der Waals surface area contributed by atoms with Crippen LogP contribution in [0.3, 0.4) is 0 Å². The molecule has 0 heterocycles. The van der Waals surface area contributed by atoms with E-state index in [2.05, 4.69) is 26.8 Å². The zero-order valence-electron chi connectivity index (χ0n) is 13.5. The van der Waals surface area contributed by atoms with Crippen molar-refractivity contribution in [1.29, 1.82) is 0 Å². The van der Waals surface area contributed by atoms with Crippen molar-refractivity contribution in [2.45, 2.75) is 71.6 Å². The molecule has 20 heavy (non-hydrogen) atoms. The fourth-order valence-electron chi connectivity index (χ4n) is 7.01. The van der Waals surface area contributed by atoms with Gasteiger partial charge >= 0.3 is 0 Å². The Morgan fingerprint density at radius 3 is 2.80 bits per heavy atom. The van der Waals surface area contributed by atoms with Gasteiger partial charge < -0.3 is 0 Å². The quantitative estimate of drug-likeness (QED) is 0.489. The first-order valence-corrected chi connectivity index (χ1v) is 9.01. The highest BCUT2D eigenvalue weighted by Gasteiger charge is 2.57. The molecule has 6 atom stereocenters. The molecule has 4 saturated carbocycles. The summed E-state index contributed by atoms with van der Waals surface area (Å²) < 4.78 is 0. The molecule has 0 bridgehead atoms. The third-order valence-electron chi connectivity index (χ3n) is 8.08. The van der Waals surface area contributed by atoms with Crippen LogP contribution in [0.5, 0.6) is 0 Å². The highest BCUT2D eigenvalue weighted by Crippen LogP contribution is 2.66. The lowest BCUT2D eigenvalue weighted by atomic mass is 9.45. The molecule has 0 aromatic rings. The average molecular weight is 271 g/mol. The standard InChI is InChI=1S/C20H31/c1-14-12-18-16-8-7-15-6-4-5-10-20(15,3)17(16)9-11-19(18,2)13-14/h4,15-18H,1,5-13H2,2-3H3. The van der Waals surface area contributed by atoms with Crippen molar-refractivity contribution < 1.29 is 0 Å². The SMILES string of the molecule is C=C1CC2C3CCC4C[CH]CCC4(C)C3CCC2(C)C1. The predicted octanol–water partition coefficient (Wildman–Crippen LogP) is 5.79. The summed E-state index contributed by atoms with van der Waals surface area (Å²) in [6, 6.07) is 0. The normalized spacial score (nSPS) is 55.0. The highest BCUT2D eigenvalue weighted by molar-refractivity contribution is 5.16. The smallest absolute Gasteiger partial charge is 0.0255 e. The topological polar surface area (TPSA) is 0 Å². The van der Waals surface area contributed by atoms with Gasteiger partial charge in [-0.05, 0) is 98.7 Å². The van der Waals surface area contributed by atoms with Gasteiger partial charge in [0.2, 0.25) is 0 Å². The minimum absolute atomic E-state index is 0.613. The molecular formula is C20H31. The van der Waals surface area contributed by atoms with E-state index >= 15 is 0 Å². The molecule has 0 spiro atoms. The Balaban J connectivity index is 1.65. The van der Waals surface area contributed by atoms with E-state index in [0.717, 1.165) is 23.7 Å². The van der Waals surface area contributed by atoms with E-state index < -0.39 is 0 Å². The lowest BCUT2D eigenvalue weighted by molar-refractivity contribution is -0.0969. The van der Waals surface area contributed by atoms with Crippen LogP contribution in [0.15, 0.2) is 12.2 Å². The summed E-state index contributed by atoms with van der Waals surface area (Å²) in [5.41, 5.74) is 2.84. The van der Waals surface area contributed by atoms with E-state index in [9.17, 15) is 0 Å². The van der Waals surface area contributed by atoms with Crippen LogP contribution in [-0.4, -0.2) is 0 Å². The molecule has 0 N–H and O–H groups in total. The fraction of sp³-hybridized carbons (Fsp3) is 0.850. The monoisotopic (exact) mass is 271 g/mol. The fourth-order valence-corrected chi connectivity index (χ4v) is 7.01. The second-order valence-corrected chi connectivity index (χ2v) is 9.04. The van der Waals surface area contributed by atoms with E-state index in [1.807, 2.05) is 0 Å². The summed E-state index contributed by atoms with van der Waals surface area (Å²) in [7, 11) is 0. The molecule has 111 valence electrons. The lowest BCUT2D eigenvalue weighted by Gasteiger charge is -2.59. The van der Waals surface area contributed by atoms with Crippen molar-refractivity contribution in [3.8, 4) is 0 Å². The van der Waals surface area contributed by atoms with Crippen molar-refractivity contribution in [3.05, 3.63) is 18.6 Å². The molecule has 4 aliphatic rings. The molecule has 0 nitrogen and oxygen atoms in total. The van der Waals surface area contributed by atoms with Crippen molar-refractivity contribution in [2.24, 2.45) is 34.5 Å². The van der Waals surface area contributed by atoms with Gasteiger partial charge in [0.15, 0.2) is 0 Å². The Morgan fingerprint density at radius 2 is 1.95 bits per heavy atom. The molecule has 0 aromatic carbocycles. The largest absolute Gasteiger partial charge is 0.0998 e. The van der Waals surface area contributed by atoms with Gasteiger partial charge in [0.05, 0.1) is 0 Å². The summed E-state index contributed by atoms with van der Waals surface area (Å²) >= 11 is 0. The molecule has 4 fully saturated rings. The van der Waals surface area contributed by atoms with E-state index in [-0.39, 0.29) is 0 Å². The third-order valence-corrected chi connectivity index (χ3v) is 8.08. The van der Waals surface area contributed by atoms with Gasteiger partial charge in [0, 0.05) is 0 Å². The minimum Gasteiger partial charge on any atom is -0.0998 e. The Hall–Kier alpha value is -0.260. The highest BCUT2D eigenvalue weighted by atomic mass is 14.6. The number of allylic oxidation sites excluding steroid dienone is 1. The van der Waals surface area contributed by atoms with Crippen molar-refractivity contribution >= 4 is 0 Å². The lowest BCUT2D eigenvalue weighted by Crippen LogP contribution is -2.51. The second-order valence-electron chi connectivity index (χ2n) is 9.04. The van der Waals surface area contributed by atoms with Gasteiger partial charge in [-0.25, -0.2) is 0 Å². The van der Waals surface area contributed by atoms with Crippen LogP contribution < -0.4 is 0 Å². The van der Waals surface area contributed by atoms with E-state index in [1.165, 1.54) is 57.8 Å². The van der Waals surface area contributed by atoms with Gasteiger partial charge in [0.1, 0.15) is 0 Å². The second kappa shape index (κ2) is 4.37. The number of hydrogen-bond acceptors (Lipinski definition) is 0. The Kier molecular flexibility index (Phi) is 2.93. The maximum atomic E-state index is 4.35. The molecule has 0 heteroatoms. The summed E-state index contributed by atoms with van der Waals surface area (Å²) in [6.45, 7) is 9.59. The molecule has 0 amide bonds. The van der Waals surface area contributed by atoms with E-state index in [1.54, 1.807) is 5.57 Å². The zero-order valence-corrected chi connectivity index (χ0v) is 13.5. The summed E-state index contributed by atoms with van der Waals surface area (Å²) in [6.07, 6.45) is 15.5. The number of hydrogen-bond donors (Lipinski definition) is 0. The molecule has 6 unspecified atom stereocenters. The summed E-state index contributed by atoms with van der Waals surface area (Å²) in [4.78, 5) is 0. The maximum Gasteiger partial charge on any atom is -0.0255 e. The third kappa shape index (κ3) is 1.72. The first-order chi connectivity index (χ1) is 9.53. The average Bonchev–Trinajstić information content (AvgIpc) is 2.72. The molecule has 1 radical (unpaired) electrons.